The predicted octanol–water partition coefficient (Wildman–Crippen LogP) is 6.52. The molecule has 0 amide bonds. The highest BCUT2D eigenvalue weighted by molar-refractivity contribution is 5.77. The fraction of sp³-hybridized carbons (Fsp3) is 0.677. The van der Waals surface area contributed by atoms with Crippen LogP contribution in [0.1, 0.15) is 118 Å². The van der Waals surface area contributed by atoms with Crippen LogP contribution in [0.3, 0.4) is 0 Å². The molecule has 1 aromatic rings. The van der Waals surface area contributed by atoms with Crippen LogP contribution in [0.4, 0.5) is 4.79 Å². The van der Waals surface area contributed by atoms with Crippen molar-refractivity contribution in [1.82, 2.24) is 0 Å². The van der Waals surface area contributed by atoms with Gasteiger partial charge in [-0.3, -0.25) is 14.4 Å². The number of rotatable bonds is 18. The van der Waals surface area contributed by atoms with E-state index in [1.165, 1.54) is 12.1 Å². The summed E-state index contributed by atoms with van der Waals surface area (Å²) in [6.07, 6.45) is 4.25. The Hall–Kier alpha value is -3.14. The van der Waals surface area contributed by atoms with Crippen molar-refractivity contribution in [3.63, 3.8) is 0 Å². The van der Waals surface area contributed by atoms with E-state index in [0.29, 0.717) is 24.8 Å². The topological polar surface area (TPSA) is 151 Å². The number of nitrogens with two attached hydrogens (primary N) is 1. The van der Waals surface area contributed by atoms with Gasteiger partial charge in [-0.25, -0.2) is 4.79 Å². The van der Waals surface area contributed by atoms with Crippen molar-refractivity contribution in [1.29, 1.82) is 0 Å². The molecule has 1 aromatic carbocycles. The van der Waals surface area contributed by atoms with Crippen molar-refractivity contribution in [3.05, 3.63) is 23.8 Å². The lowest BCUT2D eigenvalue weighted by Crippen LogP contribution is -2.43. The van der Waals surface area contributed by atoms with Crippen molar-refractivity contribution in [3.8, 4) is 11.5 Å². The van der Waals surface area contributed by atoms with Gasteiger partial charge in [0.25, 0.3) is 0 Å². The number of esters is 2. The number of carboxylic acid groups (broad SMARTS) is 1. The molecule has 3 unspecified atom stereocenters. The second-order valence-corrected chi connectivity index (χ2v) is 11.1. The molecule has 0 heterocycles. The first-order valence-corrected chi connectivity index (χ1v) is 14.7. The zero-order valence-electron chi connectivity index (χ0n) is 25.7. The average molecular weight is 580 g/mol. The summed E-state index contributed by atoms with van der Waals surface area (Å²) in [5.74, 6) is -3.60. The summed E-state index contributed by atoms with van der Waals surface area (Å²) in [6, 6.07) is 3.15. The normalized spacial score (nSPS) is 14.3. The maximum Gasteiger partial charge on any atom is 0.509 e. The highest BCUT2D eigenvalue weighted by Gasteiger charge is 2.36. The fourth-order valence-electron chi connectivity index (χ4n) is 4.15. The quantitative estimate of drug-likeness (QED) is 0.112. The predicted molar refractivity (Wildman–Crippen MR) is 155 cm³/mol. The molecule has 1 rings (SSSR count). The maximum absolute atomic E-state index is 12.6. The van der Waals surface area contributed by atoms with E-state index < -0.39 is 53.6 Å². The molecule has 10 nitrogen and oxygen atoms in total. The third-order valence-electron chi connectivity index (χ3n) is 7.24. The van der Waals surface area contributed by atoms with Crippen molar-refractivity contribution in [2.24, 2.45) is 11.7 Å². The lowest BCUT2D eigenvalue weighted by Gasteiger charge is -2.32. The average Bonchev–Trinajstić information content (AvgIpc) is 2.89. The molecular weight excluding hydrogens is 530 g/mol. The van der Waals surface area contributed by atoms with Crippen LogP contribution in [0.2, 0.25) is 0 Å². The molecule has 0 aliphatic rings. The number of carboxylic acids is 1. The second kappa shape index (κ2) is 17.6. The zero-order chi connectivity index (χ0) is 31.2. The standard InChI is InChI=1S/C31H49NO9/c1-8-11-13-15-25(33)39-23-18-17-22(19-24(23)40-26(34)16-14-12-9-2)27(28(32)29(35)36)20(4)21(5)38-30(37)41-31(6,7)10-3/h17-21,27-28H,8-16,32H2,1-7H3,(H,35,36)/t20?,21?,27?,28-/m0/s1. The van der Waals surface area contributed by atoms with Crippen LogP contribution in [0.15, 0.2) is 18.2 Å². The van der Waals surface area contributed by atoms with E-state index in [2.05, 4.69) is 0 Å². The summed E-state index contributed by atoms with van der Waals surface area (Å²) < 4.78 is 22.0. The van der Waals surface area contributed by atoms with Gasteiger partial charge >= 0.3 is 24.1 Å². The molecular formula is C31H49NO9. The SMILES string of the molecule is CCCCCC(=O)Oc1ccc(C(C(C)C(C)OC(=O)OC(C)(C)CC)[C@H](N)C(=O)O)cc1OC(=O)CCCCC. The van der Waals surface area contributed by atoms with Gasteiger partial charge in [0.15, 0.2) is 11.5 Å². The number of benzene rings is 1. The molecule has 232 valence electrons. The number of carbonyl (C=O) groups is 4. The minimum absolute atomic E-state index is 0.000283. The van der Waals surface area contributed by atoms with Gasteiger partial charge in [-0.05, 0) is 57.7 Å². The van der Waals surface area contributed by atoms with Crippen molar-refractivity contribution in [2.75, 3.05) is 0 Å². The molecule has 4 atom stereocenters. The number of hydrogen-bond donors (Lipinski definition) is 2. The van der Waals surface area contributed by atoms with E-state index in [9.17, 15) is 24.3 Å². The molecule has 41 heavy (non-hydrogen) atoms. The van der Waals surface area contributed by atoms with Gasteiger partial charge in [-0.1, -0.05) is 59.4 Å². The summed E-state index contributed by atoms with van der Waals surface area (Å²) in [7, 11) is 0. The van der Waals surface area contributed by atoms with Gasteiger partial charge in [0.2, 0.25) is 0 Å². The molecule has 0 aliphatic carbocycles. The van der Waals surface area contributed by atoms with Crippen LogP contribution in [0, 0.1) is 5.92 Å². The first-order chi connectivity index (χ1) is 19.3. The molecule has 0 radical (unpaired) electrons. The molecule has 0 aromatic heterocycles. The molecule has 0 fully saturated rings. The van der Waals surface area contributed by atoms with Crippen molar-refractivity contribution < 1.29 is 43.2 Å². The van der Waals surface area contributed by atoms with Crippen LogP contribution < -0.4 is 15.2 Å². The van der Waals surface area contributed by atoms with Crippen molar-refractivity contribution in [2.45, 2.75) is 130 Å². The molecule has 0 saturated carbocycles. The molecule has 0 saturated heterocycles. The Morgan fingerprint density at radius 2 is 1.41 bits per heavy atom. The van der Waals surface area contributed by atoms with Gasteiger partial charge in [-0.15, -0.1) is 0 Å². The first kappa shape index (κ1) is 35.9. The fourth-order valence-corrected chi connectivity index (χ4v) is 4.15. The summed E-state index contributed by atoms with van der Waals surface area (Å²) in [6.45, 7) is 12.8. The third kappa shape index (κ3) is 12.5. The van der Waals surface area contributed by atoms with Crippen LogP contribution in [0.5, 0.6) is 11.5 Å². The third-order valence-corrected chi connectivity index (χ3v) is 7.24. The number of ether oxygens (including phenoxy) is 4. The van der Waals surface area contributed by atoms with E-state index in [0.717, 1.165) is 25.7 Å². The second-order valence-electron chi connectivity index (χ2n) is 11.1. The minimum Gasteiger partial charge on any atom is -0.480 e. The Balaban J connectivity index is 3.36. The van der Waals surface area contributed by atoms with Crippen LogP contribution in [0.25, 0.3) is 0 Å². The lowest BCUT2D eigenvalue weighted by atomic mass is 9.79. The van der Waals surface area contributed by atoms with Gasteiger partial charge in [-0.2, -0.15) is 0 Å². The van der Waals surface area contributed by atoms with Crippen molar-refractivity contribution >= 4 is 24.1 Å². The Bertz CT molecular complexity index is 1010. The summed E-state index contributed by atoms with van der Waals surface area (Å²) in [4.78, 5) is 49.5. The van der Waals surface area contributed by atoms with Gasteiger partial charge in [0.1, 0.15) is 17.7 Å². The smallest absolute Gasteiger partial charge is 0.480 e. The minimum atomic E-state index is -1.38. The highest BCUT2D eigenvalue weighted by Crippen LogP contribution is 2.37. The van der Waals surface area contributed by atoms with Crippen LogP contribution in [-0.4, -0.2) is 46.9 Å². The summed E-state index contributed by atoms with van der Waals surface area (Å²) >= 11 is 0. The monoisotopic (exact) mass is 579 g/mol. The van der Waals surface area contributed by atoms with E-state index in [1.807, 2.05) is 20.8 Å². The van der Waals surface area contributed by atoms with E-state index in [4.69, 9.17) is 24.7 Å². The maximum atomic E-state index is 12.6. The molecule has 3 N–H and O–H groups in total. The number of hydrogen-bond acceptors (Lipinski definition) is 9. The van der Waals surface area contributed by atoms with E-state index >= 15 is 0 Å². The van der Waals surface area contributed by atoms with Crippen LogP contribution >= 0.6 is 0 Å². The number of carbonyl (C=O) groups excluding carboxylic acids is 3. The van der Waals surface area contributed by atoms with Gasteiger partial charge in [0, 0.05) is 24.7 Å². The summed E-state index contributed by atoms with van der Waals surface area (Å²) in [5.41, 5.74) is 5.84. The van der Waals surface area contributed by atoms with E-state index in [1.54, 1.807) is 33.8 Å². The molecule has 10 heteroatoms. The Morgan fingerprint density at radius 3 is 1.90 bits per heavy atom. The Kier molecular flexibility index (Phi) is 15.4. The Labute approximate surface area is 244 Å². The molecule has 0 spiro atoms. The Morgan fingerprint density at radius 1 is 0.878 bits per heavy atom. The summed E-state index contributed by atoms with van der Waals surface area (Å²) in [5, 5.41) is 9.81. The molecule has 0 bridgehead atoms. The number of aliphatic carboxylic acids is 1. The zero-order valence-corrected chi connectivity index (χ0v) is 25.7. The van der Waals surface area contributed by atoms with E-state index in [-0.39, 0.29) is 24.3 Å². The lowest BCUT2D eigenvalue weighted by molar-refractivity contribution is -0.140. The van der Waals surface area contributed by atoms with Crippen LogP contribution in [-0.2, 0) is 23.9 Å². The first-order valence-electron chi connectivity index (χ1n) is 14.7. The van der Waals surface area contributed by atoms with Gasteiger partial charge in [0.05, 0.1) is 0 Å². The highest BCUT2D eigenvalue weighted by atomic mass is 16.7. The van der Waals surface area contributed by atoms with Gasteiger partial charge < -0.3 is 29.8 Å². The number of unbranched alkanes of at least 4 members (excludes halogenated alkanes) is 4. The largest absolute Gasteiger partial charge is 0.509 e. The molecule has 0 aliphatic heterocycles.